The molecule has 3 amide bonds. The van der Waals surface area contributed by atoms with E-state index in [0.29, 0.717) is 39.1 Å². The molecule has 0 saturated carbocycles. The van der Waals surface area contributed by atoms with Crippen LogP contribution in [0.25, 0.3) is 0 Å². The fourth-order valence-electron chi connectivity index (χ4n) is 3.23. The van der Waals surface area contributed by atoms with Crippen molar-refractivity contribution in [3.8, 4) is 6.07 Å². The predicted octanol–water partition coefficient (Wildman–Crippen LogP) is 0.547. The molecule has 2 saturated heterocycles. The molecular weight excluding hydrogens is 334 g/mol. The standard InChI is InChI=1S/C18H31N5O3/c1-17(2,3)14(20-16(25)23-9-11-26-12-10-23)15(24)21-18(13-19)5-7-22(4)8-6-18/h14H,5-12H2,1-4H3,(H,20,25)(H,21,24)/t14-/m1/s1. The van der Waals surface area contributed by atoms with Crippen LogP contribution in [-0.4, -0.2) is 79.8 Å². The van der Waals surface area contributed by atoms with Crippen LogP contribution in [0.3, 0.4) is 0 Å². The van der Waals surface area contributed by atoms with Gasteiger partial charge in [-0.2, -0.15) is 5.26 Å². The normalized spacial score (nSPS) is 22.2. The third-order valence-electron chi connectivity index (χ3n) is 5.11. The van der Waals surface area contributed by atoms with E-state index in [1.807, 2.05) is 27.8 Å². The molecule has 2 rings (SSSR count). The number of rotatable bonds is 3. The van der Waals surface area contributed by atoms with Crippen LogP contribution < -0.4 is 10.6 Å². The van der Waals surface area contributed by atoms with Crippen molar-refractivity contribution in [3.05, 3.63) is 0 Å². The number of likely N-dealkylation sites (tertiary alicyclic amines) is 1. The smallest absolute Gasteiger partial charge is 0.318 e. The van der Waals surface area contributed by atoms with Gasteiger partial charge in [-0.25, -0.2) is 4.79 Å². The number of nitrogens with one attached hydrogen (secondary N) is 2. The van der Waals surface area contributed by atoms with Crippen LogP contribution in [0.2, 0.25) is 0 Å². The summed E-state index contributed by atoms with van der Waals surface area (Å²) in [7, 11) is 2.00. The van der Waals surface area contributed by atoms with Crippen LogP contribution >= 0.6 is 0 Å². The van der Waals surface area contributed by atoms with Crippen LogP contribution in [-0.2, 0) is 9.53 Å². The molecule has 0 aliphatic carbocycles. The number of urea groups is 1. The number of nitrogens with zero attached hydrogens (tertiary/aromatic N) is 3. The second-order valence-corrected chi connectivity index (χ2v) is 8.33. The number of hydrogen-bond donors (Lipinski definition) is 2. The maximum absolute atomic E-state index is 13.0. The minimum atomic E-state index is -0.864. The molecule has 146 valence electrons. The predicted molar refractivity (Wildman–Crippen MR) is 97.4 cm³/mol. The van der Waals surface area contributed by atoms with Crippen molar-refractivity contribution >= 4 is 11.9 Å². The number of amides is 3. The molecule has 0 bridgehead atoms. The third-order valence-corrected chi connectivity index (χ3v) is 5.11. The van der Waals surface area contributed by atoms with E-state index in [0.717, 1.165) is 13.1 Å². The summed E-state index contributed by atoms with van der Waals surface area (Å²) in [5.74, 6) is -0.301. The first-order valence-corrected chi connectivity index (χ1v) is 9.22. The topological polar surface area (TPSA) is 97.7 Å². The van der Waals surface area contributed by atoms with Gasteiger partial charge in [0.25, 0.3) is 0 Å². The molecular formula is C18H31N5O3. The van der Waals surface area contributed by atoms with E-state index in [1.54, 1.807) is 4.90 Å². The first kappa shape index (κ1) is 20.5. The van der Waals surface area contributed by atoms with Gasteiger partial charge in [-0.3, -0.25) is 4.79 Å². The van der Waals surface area contributed by atoms with Crippen molar-refractivity contribution in [2.45, 2.75) is 45.2 Å². The van der Waals surface area contributed by atoms with Gasteiger partial charge in [-0.05, 0) is 25.3 Å². The molecule has 8 heteroatoms. The monoisotopic (exact) mass is 365 g/mol. The molecule has 2 N–H and O–H groups in total. The van der Waals surface area contributed by atoms with E-state index < -0.39 is 17.0 Å². The van der Waals surface area contributed by atoms with Crippen LogP contribution in [0, 0.1) is 16.7 Å². The van der Waals surface area contributed by atoms with Gasteiger partial charge in [-0.15, -0.1) is 0 Å². The highest BCUT2D eigenvalue weighted by Gasteiger charge is 2.40. The summed E-state index contributed by atoms with van der Waals surface area (Å²) in [6, 6.07) is 1.31. The first-order valence-electron chi connectivity index (χ1n) is 9.22. The van der Waals surface area contributed by atoms with Crippen molar-refractivity contribution in [3.63, 3.8) is 0 Å². The second-order valence-electron chi connectivity index (χ2n) is 8.33. The number of ether oxygens (including phenoxy) is 1. The Balaban J connectivity index is 2.07. The Hall–Kier alpha value is -1.85. The number of piperidine rings is 1. The summed E-state index contributed by atoms with van der Waals surface area (Å²) in [6.07, 6.45) is 1.17. The molecule has 0 aromatic heterocycles. The minimum Gasteiger partial charge on any atom is -0.378 e. The average molecular weight is 365 g/mol. The lowest BCUT2D eigenvalue weighted by atomic mass is 9.84. The lowest BCUT2D eigenvalue weighted by Crippen LogP contribution is -2.62. The van der Waals surface area contributed by atoms with Crippen LogP contribution in [0.15, 0.2) is 0 Å². The van der Waals surface area contributed by atoms with Gasteiger partial charge in [0.2, 0.25) is 5.91 Å². The molecule has 0 aromatic rings. The van der Waals surface area contributed by atoms with E-state index in [-0.39, 0.29) is 11.9 Å². The van der Waals surface area contributed by atoms with Crippen molar-refractivity contribution < 1.29 is 14.3 Å². The Bertz CT molecular complexity index is 552. The molecule has 2 fully saturated rings. The number of carbonyl (C=O) groups excluding carboxylic acids is 2. The van der Waals surface area contributed by atoms with E-state index in [9.17, 15) is 14.9 Å². The van der Waals surface area contributed by atoms with Gasteiger partial charge >= 0.3 is 6.03 Å². The average Bonchev–Trinajstić information content (AvgIpc) is 2.61. The number of morpholine rings is 1. The SMILES string of the molecule is CN1CCC(C#N)(NC(=O)[C@@H](NC(=O)N2CCOCC2)C(C)(C)C)CC1. The number of hydrogen-bond acceptors (Lipinski definition) is 5. The minimum absolute atomic E-state index is 0.266. The van der Waals surface area contributed by atoms with E-state index in [4.69, 9.17) is 4.74 Å². The summed E-state index contributed by atoms with van der Waals surface area (Å²) < 4.78 is 5.27. The van der Waals surface area contributed by atoms with Crippen molar-refractivity contribution in [1.29, 1.82) is 5.26 Å². The fraction of sp³-hybridized carbons (Fsp3) is 0.833. The first-order chi connectivity index (χ1) is 12.2. The van der Waals surface area contributed by atoms with Crippen LogP contribution in [0.4, 0.5) is 4.79 Å². The molecule has 1 atom stereocenters. The highest BCUT2D eigenvalue weighted by molar-refractivity contribution is 5.88. The molecule has 26 heavy (non-hydrogen) atoms. The third kappa shape index (κ3) is 5.08. The van der Waals surface area contributed by atoms with Gasteiger partial charge in [0.05, 0.1) is 19.3 Å². The second kappa shape index (κ2) is 8.23. The molecule has 0 unspecified atom stereocenters. The van der Waals surface area contributed by atoms with Gasteiger partial charge in [-0.1, -0.05) is 20.8 Å². The Morgan fingerprint density at radius 1 is 1.15 bits per heavy atom. The largest absolute Gasteiger partial charge is 0.378 e. The summed E-state index contributed by atoms with van der Waals surface area (Å²) in [4.78, 5) is 29.3. The molecule has 0 radical (unpaired) electrons. The Morgan fingerprint density at radius 2 is 1.73 bits per heavy atom. The number of nitriles is 1. The molecule has 2 heterocycles. The lowest BCUT2D eigenvalue weighted by molar-refractivity contribution is -0.127. The van der Waals surface area contributed by atoms with E-state index in [1.165, 1.54) is 0 Å². The molecule has 8 nitrogen and oxygen atoms in total. The van der Waals surface area contributed by atoms with Crippen molar-refractivity contribution in [1.82, 2.24) is 20.4 Å². The highest BCUT2D eigenvalue weighted by atomic mass is 16.5. The summed E-state index contributed by atoms with van der Waals surface area (Å²) in [5, 5.41) is 15.5. The van der Waals surface area contributed by atoms with Crippen LogP contribution in [0.1, 0.15) is 33.6 Å². The Labute approximate surface area is 155 Å². The van der Waals surface area contributed by atoms with Crippen molar-refractivity contribution in [2.24, 2.45) is 5.41 Å². The highest BCUT2D eigenvalue weighted by Crippen LogP contribution is 2.24. The summed E-state index contributed by atoms with van der Waals surface area (Å²) in [5.41, 5.74) is -1.34. The van der Waals surface area contributed by atoms with Gasteiger partial charge < -0.3 is 25.2 Å². The van der Waals surface area contributed by atoms with E-state index >= 15 is 0 Å². The summed E-state index contributed by atoms with van der Waals surface area (Å²) >= 11 is 0. The lowest BCUT2D eigenvalue weighted by Gasteiger charge is -2.39. The van der Waals surface area contributed by atoms with Gasteiger partial charge in [0, 0.05) is 26.2 Å². The Kier molecular flexibility index (Phi) is 6.48. The zero-order chi connectivity index (χ0) is 19.4. The molecule has 0 spiro atoms. The maximum atomic E-state index is 13.0. The number of carbonyl (C=O) groups is 2. The van der Waals surface area contributed by atoms with Crippen LogP contribution in [0.5, 0.6) is 0 Å². The molecule has 0 aromatic carbocycles. The molecule has 2 aliphatic rings. The van der Waals surface area contributed by atoms with E-state index in [2.05, 4.69) is 21.6 Å². The molecule has 2 aliphatic heterocycles. The van der Waals surface area contributed by atoms with Gasteiger partial charge in [0.15, 0.2) is 0 Å². The fourth-order valence-corrected chi connectivity index (χ4v) is 3.23. The maximum Gasteiger partial charge on any atom is 0.318 e. The van der Waals surface area contributed by atoms with Gasteiger partial charge in [0.1, 0.15) is 11.6 Å². The zero-order valence-corrected chi connectivity index (χ0v) is 16.3. The zero-order valence-electron chi connectivity index (χ0n) is 16.3. The Morgan fingerprint density at radius 3 is 2.23 bits per heavy atom. The quantitative estimate of drug-likeness (QED) is 0.761. The summed E-state index contributed by atoms with van der Waals surface area (Å²) in [6.45, 7) is 9.27. The van der Waals surface area contributed by atoms with Crippen molar-refractivity contribution in [2.75, 3.05) is 46.4 Å².